The van der Waals surface area contributed by atoms with Crippen LogP contribution in [-0.2, 0) is 10.8 Å². The van der Waals surface area contributed by atoms with E-state index in [2.05, 4.69) is 130 Å². The second kappa shape index (κ2) is 7.42. The summed E-state index contributed by atoms with van der Waals surface area (Å²) in [6.45, 7) is 11.6. The molecule has 0 bridgehead atoms. The van der Waals surface area contributed by atoms with E-state index < -0.39 is 0 Å². The van der Waals surface area contributed by atoms with Crippen LogP contribution in [0.15, 0.2) is 101 Å². The molecule has 1 aliphatic carbocycles. The van der Waals surface area contributed by atoms with Crippen LogP contribution in [0.1, 0.15) is 51.3 Å². The van der Waals surface area contributed by atoms with E-state index in [-0.39, 0.29) is 10.8 Å². The van der Waals surface area contributed by atoms with Crippen molar-refractivity contribution in [3.05, 3.63) is 114 Å². The number of furan rings is 1. The topological polar surface area (TPSA) is 18.1 Å². The maximum atomic E-state index is 6.31. The third kappa shape index (κ3) is 3.03. The van der Waals surface area contributed by atoms with Crippen LogP contribution in [0, 0.1) is 0 Å². The van der Waals surface area contributed by atoms with Gasteiger partial charge >= 0.3 is 0 Å². The predicted octanol–water partition coefficient (Wildman–Crippen LogP) is 10.3. The number of rotatable bonds is 1. The van der Waals surface area contributed by atoms with Gasteiger partial charge in [-0.3, -0.25) is 0 Å². The lowest BCUT2D eigenvalue weighted by atomic mass is 9.82. The zero-order valence-electron chi connectivity index (χ0n) is 23.1. The molecule has 1 aliphatic rings. The van der Waals surface area contributed by atoms with Gasteiger partial charge in [0, 0.05) is 32.6 Å². The van der Waals surface area contributed by atoms with E-state index in [1.54, 1.807) is 0 Å². The Morgan fingerprint density at radius 2 is 1.26 bits per heavy atom. The van der Waals surface area contributed by atoms with Gasteiger partial charge in [0.05, 0.1) is 11.0 Å². The predicted molar refractivity (Wildman–Crippen MR) is 164 cm³/mol. The van der Waals surface area contributed by atoms with E-state index in [1.165, 1.54) is 66.1 Å². The van der Waals surface area contributed by atoms with E-state index in [0.717, 1.165) is 11.2 Å². The molecule has 2 aromatic heterocycles. The van der Waals surface area contributed by atoms with Crippen molar-refractivity contribution in [2.75, 3.05) is 0 Å². The molecule has 2 heterocycles. The highest BCUT2D eigenvalue weighted by atomic mass is 16.3. The van der Waals surface area contributed by atoms with Gasteiger partial charge in [-0.1, -0.05) is 77.1 Å². The second-order valence-electron chi connectivity index (χ2n) is 12.7. The van der Waals surface area contributed by atoms with Crippen molar-refractivity contribution in [2.24, 2.45) is 0 Å². The van der Waals surface area contributed by atoms with E-state index in [9.17, 15) is 0 Å². The monoisotopic (exact) mass is 505 g/mol. The fourth-order valence-electron chi connectivity index (χ4n) is 6.78. The third-order valence-corrected chi connectivity index (χ3v) is 8.94. The first-order valence-electron chi connectivity index (χ1n) is 13.9. The summed E-state index contributed by atoms with van der Waals surface area (Å²) in [6.07, 6.45) is 0. The number of fused-ring (bicyclic) bond motifs is 9. The molecule has 0 fully saturated rings. The van der Waals surface area contributed by atoms with Crippen molar-refractivity contribution in [1.29, 1.82) is 0 Å². The van der Waals surface area contributed by atoms with Crippen LogP contribution in [-0.4, -0.2) is 4.57 Å². The van der Waals surface area contributed by atoms with Crippen LogP contribution >= 0.6 is 0 Å². The standard InChI is InChI=1S/C37H31NO/c1-36(2,3)22-15-16-32-27(17-22)28-18-25-26-19-29-24-13-9-10-14-34(24)39-35(29)21-31(26)37(4,5)30(25)20-33(28)38(32)23-11-7-6-8-12-23/h6-21H,1-5H3. The average Bonchev–Trinajstić information content (AvgIpc) is 3.52. The van der Waals surface area contributed by atoms with Gasteiger partial charge in [0.2, 0.25) is 0 Å². The van der Waals surface area contributed by atoms with Crippen LogP contribution in [0.2, 0.25) is 0 Å². The molecule has 0 atom stereocenters. The summed E-state index contributed by atoms with van der Waals surface area (Å²) in [4.78, 5) is 0. The van der Waals surface area contributed by atoms with Gasteiger partial charge < -0.3 is 8.98 Å². The van der Waals surface area contributed by atoms with Crippen LogP contribution in [0.3, 0.4) is 0 Å². The molecular formula is C37H31NO. The summed E-state index contributed by atoms with van der Waals surface area (Å²) in [5, 5.41) is 4.98. The third-order valence-electron chi connectivity index (χ3n) is 8.94. The summed E-state index contributed by atoms with van der Waals surface area (Å²) in [6, 6.07) is 35.7. The minimum absolute atomic E-state index is 0.0780. The Hall–Kier alpha value is -4.30. The molecular weight excluding hydrogens is 474 g/mol. The average molecular weight is 506 g/mol. The van der Waals surface area contributed by atoms with Crippen LogP contribution in [0.25, 0.3) is 60.6 Å². The lowest BCUT2D eigenvalue weighted by Crippen LogP contribution is -2.15. The zero-order chi connectivity index (χ0) is 26.7. The number of para-hydroxylation sites is 2. The maximum Gasteiger partial charge on any atom is 0.135 e. The lowest BCUT2D eigenvalue weighted by molar-refractivity contribution is 0.591. The van der Waals surface area contributed by atoms with Crippen LogP contribution < -0.4 is 0 Å². The largest absolute Gasteiger partial charge is 0.456 e. The van der Waals surface area contributed by atoms with Crippen molar-refractivity contribution >= 4 is 43.7 Å². The maximum absolute atomic E-state index is 6.31. The Morgan fingerprint density at radius 1 is 0.590 bits per heavy atom. The fraction of sp³-hybridized carbons (Fsp3) is 0.189. The molecule has 0 amide bonds. The molecule has 7 aromatic rings. The molecule has 2 nitrogen and oxygen atoms in total. The van der Waals surface area contributed by atoms with Gasteiger partial charge in [-0.05, 0) is 87.8 Å². The van der Waals surface area contributed by atoms with E-state index in [1.807, 2.05) is 6.07 Å². The molecule has 5 aromatic carbocycles. The van der Waals surface area contributed by atoms with Crippen molar-refractivity contribution in [2.45, 2.75) is 45.4 Å². The van der Waals surface area contributed by atoms with Crippen molar-refractivity contribution in [3.63, 3.8) is 0 Å². The second-order valence-corrected chi connectivity index (χ2v) is 12.7. The summed E-state index contributed by atoms with van der Waals surface area (Å²) >= 11 is 0. The van der Waals surface area contributed by atoms with Gasteiger partial charge in [0.1, 0.15) is 11.2 Å². The lowest BCUT2D eigenvalue weighted by Gasteiger charge is -2.21. The van der Waals surface area contributed by atoms with E-state index in [0.29, 0.717) is 0 Å². The first-order valence-corrected chi connectivity index (χ1v) is 13.9. The highest BCUT2D eigenvalue weighted by Gasteiger charge is 2.37. The first-order chi connectivity index (χ1) is 18.7. The van der Waals surface area contributed by atoms with E-state index in [4.69, 9.17) is 4.42 Å². The van der Waals surface area contributed by atoms with Gasteiger partial charge in [0.25, 0.3) is 0 Å². The van der Waals surface area contributed by atoms with Crippen LogP contribution in [0.5, 0.6) is 0 Å². The highest BCUT2D eigenvalue weighted by molar-refractivity contribution is 6.13. The number of hydrogen-bond donors (Lipinski definition) is 0. The minimum Gasteiger partial charge on any atom is -0.456 e. The zero-order valence-corrected chi connectivity index (χ0v) is 23.1. The SMILES string of the molecule is CC(C)(C)c1ccc2c(c1)c1cc3c(cc1n2-c1ccccc1)C(C)(C)c1cc2oc4ccccc4c2cc1-3. The molecule has 0 unspecified atom stereocenters. The smallest absolute Gasteiger partial charge is 0.135 e. The molecule has 0 radical (unpaired) electrons. The first kappa shape index (κ1) is 22.7. The normalized spacial score (nSPS) is 14.5. The quantitative estimate of drug-likeness (QED) is 0.217. The molecule has 2 heteroatoms. The molecule has 39 heavy (non-hydrogen) atoms. The fourth-order valence-corrected chi connectivity index (χ4v) is 6.78. The number of benzene rings is 5. The Bertz CT molecular complexity index is 2110. The van der Waals surface area contributed by atoms with Gasteiger partial charge in [-0.2, -0.15) is 0 Å². The van der Waals surface area contributed by atoms with Gasteiger partial charge in [-0.25, -0.2) is 0 Å². The number of aromatic nitrogens is 1. The molecule has 0 aliphatic heterocycles. The summed E-state index contributed by atoms with van der Waals surface area (Å²) < 4.78 is 8.75. The molecule has 0 saturated heterocycles. The van der Waals surface area contributed by atoms with Crippen molar-refractivity contribution in [3.8, 4) is 16.8 Å². The number of hydrogen-bond acceptors (Lipinski definition) is 1. The summed E-state index contributed by atoms with van der Waals surface area (Å²) in [5.74, 6) is 0. The number of nitrogens with zero attached hydrogens (tertiary/aromatic N) is 1. The summed E-state index contributed by atoms with van der Waals surface area (Å²) in [7, 11) is 0. The highest BCUT2D eigenvalue weighted by Crippen LogP contribution is 2.53. The molecule has 8 rings (SSSR count). The molecule has 0 saturated carbocycles. The Morgan fingerprint density at radius 3 is 2.03 bits per heavy atom. The van der Waals surface area contributed by atoms with Gasteiger partial charge in [0.15, 0.2) is 0 Å². The summed E-state index contributed by atoms with van der Waals surface area (Å²) in [5.41, 5.74) is 12.3. The van der Waals surface area contributed by atoms with Crippen molar-refractivity contribution < 1.29 is 4.42 Å². The molecule has 0 N–H and O–H groups in total. The Balaban J connectivity index is 1.49. The minimum atomic E-state index is -0.138. The molecule has 0 spiro atoms. The Kier molecular flexibility index (Phi) is 4.31. The molecule has 190 valence electrons. The van der Waals surface area contributed by atoms with Crippen molar-refractivity contribution in [1.82, 2.24) is 4.57 Å². The van der Waals surface area contributed by atoms with Gasteiger partial charge in [-0.15, -0.1) is 0 Å². The Labute approximate surface area is 228 Å². The van der Waals surface area contributed by atoms with E-state index >= 15 is 0 Å². The van der Waals surface area contributed by atoms with Crippen LogP contribution in [0.4, 0.5) is 0 Å².